The summed E-state index contributed by atoms with van der Waals surface area (Å²) < 4.78 is 48.0. The average Bonchev–Trinajstić information content (AvgIpc) is 2.92. The number of pyridine rings is 1. The number of nitrogens with two attached hydrogens (primary N) is 1. The van der Waals surface area contributed by atoms with Crippen LogP contribution >= 0.6 is 12.4 Å². The van der Waals surface area contributed by atoms with Gasteiger partial charge in [0.15, 0.2) is 11.6 Å². The molecule has 13 heteroatoms. The third kappa shape index (κ3) is 6.70. The maximum absolute atomic E-state index is 14.9. The van der Waals surface area contributed by atoms with E-state index in [1.54, 1.807) is 12.1 Å². The minimum absolute atomic E-state index is 0. The molecule has 0 atom stereocenters. The molecule has 1 aliphatic rings. The first-order valence-electron chi connectivity index (χ1n) is 12.2. The van der Waals surface area contributed by atoms with Gasteiger partial charge in [0.05, 0.1) is 5.69 Å². The number of amides is 1. The number of nitrogens with one attached hydrogen (secondary N) is 2. The first kappa shape index (κ1) is 28.4. The fraction of sp³-hybridized carbons (Fsp3) is 0.185. The molecule has 9 nitrogen and oxygen atoms in total. The van der Waals surface area contributed by atoms with Crippen molar-refractivity contribution >= 4 is 47.3 Å². The molecule has 1 aliphatic heterocycles. The minimum atomic E-state index is -0.933. The highest BCUT2D eigenvalue weighted by atomic mass is 35.5. The summed E-state index contributed by atoms with van der Waals surface area (Å²) in [6.45, 7) is 1.51. The molecule has 0 bridgehead atoms. The summed E-state index contributed by atoms with van der Waals surface area (Å²) >= 11 is 0. The second kappa shape index (κ2) is 12.5. The van der Waals surface area contributed by atoms with E-state index >= 15 is 0 Å². The summed E-state index contributed by atoms with van der Waals surface area (Å²) in [6.07, 6.45) is 5.82. The van der Waals surface area contributed by atoms with E-state index in [0.717, 1.165) is 44.5 Å². The number of rotatable bonds is 7. The van der Waals surface area contributed by atoms with Crippen LogP contribution in [-0.4, -0.2) is 33.9 Å². The summed E-state index contributed by atoms with van der Waals surface area (Å²) in [5, 5.41) is 5.37. The van der Waals surface area contributed by atoms with Crippen LogP contribution < -0.4 is 26.0 Å². The van der Waals surface area contributed by atoms with E-state index in [2.05, 4.69) is 25.6 Å². The predicted molar refractivity (Wildman–Crippen MR) is 148 cm³/mol. The highest BCUT2D eigenvalue weighted by Gasteiger charge is 2.21. The van der Waals surface area contributed by atoms with Crippen LogP contribution in [0.2, 0.25) is 0 Å². The molecular weight excluding hydrogens is 547 g/mol. The Bertz CT molecular complexity index is 1520. The molecule has 0 radical (unpaired) electrons. The summed E-state index contributed by atoms with van der Waals surface area (Å²) in [4.78, 5) is 27.8. The molecule has 4 N–H and O–H groups in total. The van der Waals surface area contributed by atoms with Crippen LogP contribution in [0.25, 0.3) is 0 Å². The van der Waals surface area contributed by atoms with E-state index in [1.165, 1.54) is 30.6 Å². The first-order chi connectivity index (χ1) is 18.9. The van der Waals surface area contributed by atoms with Crippen molar-refractivity contribution in [2.45, 2.75) is 19.3 Å². The van der Waals surface area contributed by atoms with Crippen LogP contribution in [0.1, 0.15) is 29.6 Å². The topological polar surface area (TPSA) is 118 Å². The number of carbonyl (C=O) groups excluding carboxylic acids is 1. The van der Waals surface area contributed by atoms with Gasteiger partial charge < -0.3 is 26.0 Å². The Morgan fingerprint density at radius 2 is 1.75 bits per heavy atom. The second-order valence-corrected chi connectivity index (χ2v) is 8.85. The fourth-order valence-corrected chi connectivity index (χ4v) is 4.08. The molecule has 1 fully saturated rings. The Balaban J connectivity index is 0.00000370. The molecule has 2 aromatic heterocycles. The van der Waals surface area contributed by atoms with Gasteiger partial charge in [-0.1, -0.05) is 0 Å². The Labute approximate surface area is 234 Å². The van der Waals surface area contributed by atoms with E-state index in [1.807, 2.05) is 4.90 Å². The number of nitrogens with zero attached hydrogens (tertiary/aromatic N) is 4. The van der Waals surface area contributed by atoms with Gasteiger partial charge in [-0.15, -0.1) is 12.4 Å². The maximum Gasteiger partial charge on any atom is 0.261 e. The van der Waals surface area contributed by atoms with E-state index in [0.29, 0.717) is 17.8 Å². The van der Waals surface area contributed by atoms with Crippen molar-refractivity contribution in [1.82, 2.24) is 15.0 Å². The molecule has 4 aromatic rings. The Hall–Kier alpha value is -4.58. The van der Waals surface area contributed by atoms with Crippen molar-refractivity contribution < 1.29 is 22.7 Å². The number of piperidine rings is 1. The highest BCUT2D eigenvalue weighted by Crippen LogP contribution is 2.30. The zero-order valence-corrected chi connectivity index (χ0v) is 21.9. The lowest BCUT2D eigenvalue weighted by Gasteiger charge is -2.27. The van der Waals surface area contributed by atoms with Gasteiger partial charge >= 0.3 is 0 Å². The lowest BCUT2D eigenvalue weighted by atomic mass is 10.1. The molecule has 2 aromatic carbocycles. The van der Waals surface area contributed by atoms with E-state index < -0.39 is 23.4 Å². The molecule has 1 amide bonds. The molecule has 40 heavy (non-hydrogen) atoms. The Morgan fingerprint density at radius 1 is 0.950 bits per heavy atom. The number of aromatic nitrogens is 3. The molecule has 0 spiro atoms. The molecule has 0 saturated carbocycles. The minimum Gasteiger partial charge on any atom is -0.454 e. The third-order valence-corrected chi connectivity index (χ3v) is 6.01. The number of anilines is 5. The van der Waals surface area contributed by atoms with Crippen LogP contribution in [0.5, 0.6) is 11.5 Å². The zero-order chi connectivity index (χ0) is 27.4. The normalized spacial score (nSPS) is 12.8. The molecule has 208 valence electrons. The van der Waals surface area contributed by atoms with Gasteiger partial charge in [-0.25, -0.2) is 23.1 Å². The van der Waals surface area contributed by atoms with Crippen molar-refractivity contribution in [3.8, 4) is 11.5 Å². The zero-order valence-electron chi connectivity index (χ0n) is 21.0. The second-order valence-electron chi connectivity index (χ2n) is 8.85. The van der Waals surface area contributed by atoms with Gasteiger partial charge in [0.1, 0.15) is 34.6 Å². The third-order valence-electron chi connectivity index (χ3n) is 6.01. The fourth-order valence-electron chi connectivity index (χ4n) is 4.08. The lowest BCUT2D eigenvalue weighted by molar-refractivity contribution is 0.102. The SMILES string of the molecule is Cl.Nc1cc(Oc2ccc(Nc3nc(N4CCCCC4)ncc3C(=O)Nc3ccc(F)cc3F)cc2F)ccn1. The van der Waals surface area contributed by atoms with E-state index in [9.17, 15) is 18.0 Å². The monoisotopic (exact) mass is 571 g/mol. The number of hydrogen-bond donors (Lipinski definition) is 3. The smallest absolute Gasteiger partial charge is 0.261 e. The van der Waals surface area contributed by atoms with Crippen molar-refractivity contribution in [3.63, 3.8) is 0 Å². The summed E-state index contributed by atoms with van der Waals surface area (Å²) in [5.74, 6) is -2.14. The van der Waals surface area contributed by atoms with Crippen LogP contribution in [0, 0.1) is 17.5 Å². The van der Waals surface area contributed by atoms with Gasteiger partial charge in [-0.3, -0.25) is 4.79 Å². The van der Waals surface area contributed by atoms with Gasteiger partial charge in [0.2, 0.25) is 5.95 Å². The first-order valence-corrected chi connectivity index (χ1v) is 12.2. The number of nitrogen functional groups attached to an aromatic ring is 1. The molecule has 3 heterocycles. The summed E-state index contributed by atoms with van der Waals surface area (Å²) in [6, 6.07) is 9.95. The largest absolute Gasteiger partial charge is 0.454 e. The van der Waals surface area contributed by atoms with Crippen molar-refractivity contribution in [2.75, 3.05) is 34.4 Å². The quantitative estimate of drug-likeness (QED) is 0.244. The number of carbonyl (C=O) groups is 1. The average molecular weight is 572 g/mol. The standard InChI is InChI=1S/C27H24F3N7O2.ClH/c28-16-4-6-22(20(29)12-16)35-26(38)19-15-33-27(37-10-2-1-3-11-37)36-25(19)34-17-5-7-23(21(30)13-17)39-18-8-9-32-24(31)14-18;/h4-9,12-15H,1-3,10-11H2,(H2,31,32)(H,35,38)(H,33,34,36);1H. The number of ether oxygens (including phenoxy) is 1. The van der Waals surface area contributed by atoms with Crippen LogP contribution in [0.15, 0.2) is 60.9 Å². The highest BCUT2D eigenvalue weighted by molar-refractivity contribution is 6.07. The lowest BCUT2D eigenvalue weighted by Crippen LogP contribution is -2.31. The summed E-state index contributed by atoms with van der Waals surface area (Å²) in [7, 11) is 0. The van der Waals surface area contributed by atoms with Crippen molar-refractivity contribution in [1.29, 1.82) is 0 Å². The van der Waals surface area contributed by atoms with Gasteiger partial charge in [0.25, 0.3) is 5.91 Å². The number of halogens is 4. The van der Waals surface area contributed by atoms with E-state index in [-0.39, 0.29) is 46.7 Å². The van der Waals surface area contributed by atoms with Crippen LogP contribution in [-0.2, 0) is 0 Å². The molecule has 1 saturated heterocycles. The maximum atomic E-state index is 14.9. The van der Waals surface area contributed by atoms with Crippen LogP contribution in [0.4, 0.5) is 42.1 Å². The Morgan fingerprint density at radius 3 is 2.48 bits per heavy atom. The van der Waals surface area contributed by atoms with Gasteiger partial charge in [0, 0.05) is 49.4 Å². The molecule has 5 rings (SSSR count). The molecule has 0 aliphatic carbocycles. The number of benzene rings is 2. The van der Waals surface area contributed by atoms with E-state index in [4.69, 9.17) is 10.5 Å². The molecular formula is C27H25ClF3N7O2. The predicted octanol–water partition coefficient (Wildman–Crippen LogP) is 6.07. The van der Waals surface area contributed by atoms with Gasteiger partial charge in [-0.2, -0.15) is 4.98 Å². The van der Waals surface area contributed by atoms with Gasteiger partial charge in [-0.05, 0) is 49.6 Å². The van der Waals surface area contributed by atoms with Crippen LogP contribution in [0.3, 0.4) is 0 Å². The molecule has 0 unspecified atom stereocenters. The van der Waals surface area contributed by atoms with Crippen molar-refractivity contribution in [2.24, 2.45) is 0 Å². The van der Waals surface area contributed by atoms with Crippen molar-refractivity contribution in [3.05, 3.63) is 83.9 Å². The summed E-state index contributed by atoms with van der Waals surface area (Å²) in [5.41, 5.74) is 5.69. The number of hydrogen-bond acceptors (Lipinski definition) is 8. The Kier molecular flexibility index (Phi) is 8.90.